The van der Waals surface area contributed by atoms with Gasteiger partial charge in [-0.25, -0.2) is 9.37 Å². The molecule has 5 fully saturated rings. The zero-order valence-electron chi connectivity index (χ0n) is 32.7. The minimum Gasteiger partial charge on any atom is -0.390 e. The van der Waals surface area contributed by atoms with Crippen molar-refractivity contribution in [3.63, 3.8) is 0 Å². The van der Waals surface area contributed by atoms with Crippen molar-refractivity contribution in [2.45, 2.75) is 134 Å². The summed E-state index contributed by atoms with van der Waals surface area (Å²) in [7, 11) is 0. The van der Waals surface area contributed by atoms with E-state index in [1.807, 2.05) is 32.3 Å². The molecule has 3 N–H and O–H groups in total. The van der Waals surface area contributed by atoms with Crippen LogP contribution < -0.4 is 5.32 Å². The third-order valence-electron chi connectivity index (χ3n) is 14.4. The maximum atomic E-state index is 17.5. The van der Waals surface area contributed by atoms with Crippen LogP contribution in [0.1, 0.15) is 92.2 Å². The lowest BCUT2D eigenvalue weighted by atomic mass is 9.44. The number of carbonyl (C=O) groups is 2. The van der Waals surface area contributed by atoms with Crippen LogP contribution in [0.25, 0.3) is 11.0 Å². The van der Waals surface area contributed by atoms with Gasteiger partial charge in [0.2, 0.25) is 0 Å². The molecule has 56 heavy (non-hydrogen) atoms. The number of imidazole rings is 1. The Bertz CT molecular complexity index is 1960. The van der Waals surface area contributed by atoms with Gasteiger partial charge in [-0.05, 0) is 95.4 Å². The van der Waals surface area contributed by atoms with E-state index < -0.39 is 58.0 Å². The van der Waals surface area contributed by atoms with Crippen molar-refractivity contribution in [2.75, 3.05) is 19.8 Å². The van der Waals surface area contributed by atoms with Crippen molar-refractivity contribution in [1.82, 2.24) is 14.9 Å². The number of nitrogens with one attached hydrogen (secondary N) is 1. The number of carbonyl (C=O) groups excluding carboxylic acids is 2. The van der Waals surface area contributed by atoms with Gasteiger partial charge in [-0.15, -0.1) is 0 Å². The molecule has 6 aliphatic rings. The average molecular weight is 819 g/mol. The Morgan fingerprint density at radius 3 is 2.61 bits per heavy atom. The highest BCUT2D eigenvalue weighted by molar-refractivity contribution is 6.42. The quantitative estimate of drug-likeness (QED) is 0.209. The van der Waals surface area contributed by atoms with Crippen molar-refractivity contribution < 1.29 is 43.1 Å². The smallest absolute Gasteiger partial charge is 0.252 e. The molecule has 2 saturated heterocycles. The second kappa shape index (κ2) is 14.4. The molecule has 3 heterocycles. The topological polar surface area (TPSA) is 141 Å². The Morgan fingerprint density at radius 2 is 1.82 bits per heavy atom. The van der Waals surface area contributed by atoms with Crippen LogP contribution in [0.15, 0.2) is 42.3 Å². The number of ether oxygens (including phenoxy) is 4. The molecule has 0 bridgehead atoms. The van der Waals surface area contributed by atoms with E-state index in [1.165, 1.54) is 12.2 Å². The first-order valence-electron chi connectivity index (χ1n) is 20.2. The first kappa shape index (κ1) is 40.4. The molecule has 1 unspecified atom stereocenters. The van der Waals surface area contributed by atoms with Gasteiger partial charge in [0.25, 0.3) is 5.91 Å². The van der Waals surface area contributed by atoms with Gasteiger partial charge in [0.15, 0.2) is 29.1 Å². The van der Waals surface area contributed by atoms with Crippen LogP contribution in [0.5, 0.6) is 0 Å². The molecule has 306 valence electrons. The summed E-state index contributed by atoms with van der Waals surface area (Å²) in [5.74, 6) is -2.68. The number of benzene rings is 1. The molecule has 3 saturated carbocycles. The Hall–Kier alpha value is -2.42. The summed E-state index contributed by atoms with van der Waals surface area (Å²) < 4.78 is 44.4. The Kier molecular flexibility index (Phi) is 10.4. The monoisotopic (exact) mass is 817 g/mol. The van der Waals surface area contributed by atoms with E-state index in [0.717, 1.165) is 31.2 Å². The van der Waals surface area contributed by atoms with Gasteiger partial charge in [0.1, 0.15) is 18.3 Å². The number of halogens is 3. The summed E-state index contributed by atoms with van der Waals surface area (Å²) in [5, 5.41) is 27.7. The van der Waals surface area contributed by atoms with Crippen LogP contribution in [0.4, 0.5) is 4.39 Å². The minimum absolute atomic E-state index is 0.0425. The molecule has 2 aliphatic heterocycles. The summed E-state index contributed by atoms with van der Waals surface area (Å²) in [6, 6.07) is 3.50. The summed E-state index contributed by atoms with van der Waals surface area (Å²) in [6.07, 6.45) is 7.99. The van der Waals surface area contributed by atoms with E-state index in [0.29, 0.717) is 60.2 Å². The number of rotatable bonds is 11. The summed E-state index contributed by atoms with van der Waals surface area (Å²) in [5.41, 5.74) is -3.69. The zero-order valence-corrected chi connectivity index (χ0v) is 34.2. The number of allylic oxidation sites excluding steroid dienone is 4. The van der Waals surface area contributed by atoms with Gasteiger partial charge in [0, 0.05) is 29.9 Å². The summed E-state index contributed by atoms with van der Waals surface area (Å²) in [4.78, 5) is 30.5. The van der Waals surface area contributed by atoms with Crippen molar-refractivity contribution in [2.24, 2.45) is 28.6 Å². The lowest BCUT2D eigenvalue weighted by Crippen LogP contribution is -2.70. The number of fused-ring (bicyclic) bond motifs is 7. The molecule has 4 aliphatic carbocycles. The standard InChI is InChI=1S/C42H54Cl2FN3O8/c1-23-16-27-26-11-10-24-17-25(49)12-13-39(24,4)41(26,45)33(50)20-40(27,5)42(23,52)37(51)46-14-8-6-7-9-15-53-21-32-34-35(56-38(2,3)55-34)36(54-32)48-22-47-30-18-28(43)29(44)19-31(30)48/h12-13,17-19,22-23,26-27,32-36,50,52H,6-11,14-16,20-21H2,1-5H3,(H,46,51)/t23-,26+,27?,32-,33+,34-,35-,36-,39+,40+,41+,42+/m1/s1. The van der Waals surface area contributed by atoms with Gasteiger partial charge >= 0.3 is 0 Å². The molecular weight excluding hydrogens is 764 g/mol. The molecule has 1 aromatic carbocycles. The fourth-order valence-electron chi connectivity index (χ4n) is 11.5. The number of unbranched alkanes of at least 4 members (excludes halogenated alkanes) is 3. The second-order valence-corrected chi connectivity index (χ2v) is 18.8. The maximum absolute atomic E-state index is 17.5. The van der Waals surface area contributed by atoms with Crippen LogP contribution >= 0.6 is 23.2 Å². The first-order chi connectivity index (χ1) is 26.4. The molecule has 12 atom stereocenters. The largest absolute Gasteiger partial charge is 0.390 e. The van der Waals surface area contributed by atoms with E-state index in [9.17, 15) is 19.8 Å². The van der Waals surface area contributed by atoms with E-state index in [4.69, 9.17) is 42.1 Å². The number of aliphatic hydroxyl groups excluding tert-OH is 1. The van der Waals surface area contributed by atoms with E-state index in [-0.39, 0.29) is 36.4 Å². The van der Waals surface area contributed by atoms with Crippen molar-refractivity contribution in [3.8, 4) is 0 Å². The van der Waals surface area contributed by atoms with E-state index in [2.05, 4.69) is 10.3 Å². The molecule has 1 aromatic heterocycles. The van der Waals surface area contributed by atoms with Crippen LogP contribution in [0.3, 0.4) is 0 Å². The van der Waals surface area contributed by atoms with Gasteiger partial charge in [-0.2, -0.15) is 0 Å². The van der Waals surface area contributed by atoms with E-state index >= 15 is 4.39 Å². The van der Waals surface area contributed by atoms with Crippen LogP contribution in [0, 0.1) is 28.6 Å². The highest BCUT2D eigenvalue weighted by Crippen LogP contribution is 2.70. The van der Waals surface area contributed by atoms with Gasteiger partial charge in [-0.3, -0.25) is 9.59 Å². The second-order valence-electron chi connectivity index (χ2n) is 17.9. The third-order valence-corrected chi connectivity index (χ3v) is 15.1. The molecule has 0 spiro atoms. The van der Waals surface area contributed by atoms with Gasteiger partial charge in [-0.1, -0.05) is 61.5 Å². The Balaban J connectivity index is 0.807. The number of hydrogen-bond acceptors (Lipinski definition) is 9. The molecule has 11 nitrogen and oxygen atoms in total. The number of amides is 1. The Labute approximate surface area is 337 Å². The predicted octanol–water partition coefficient (Wildman–Crippen LogP) is 6.80. The summed E-state index contributed by atoms with van der Waals surface area (Å²) >= 11 is 12.5. The Morgan fingerprint density at radius 1 is 1.09 bits per heavy atom. The highest BCUT2D eigenvalue weighted by Gasteiger charge is 2.75. The van der Waals surface area contributed by atoms with Crippen molar-refractivity contribution >= 4 is 45.9 Å². The highest BCUT2D eigenvalue weighted by atomic mass is 35.5. The van der Waals surface area contributed by atoms with Crippen LogP contribution in [-0.4, -0.2) is 92.7 Å². The number of nitrogens with zero attached hydrogens (tertiary/aromatic N) is 2. The SMILES string of the molecule is C[C@@H]1CC2[C@@H]3CCC4=CC(=O)C=C[C@]4(C)[C@@]3(F)[C@@H](O)C[C@]2(C)[C@@]1(O)C(=O)NCCCCCCOC[C@H]1O[C@@H](n2cnc3cc(Cl)c(Cl)cc32)[C@@H]2OC(C)(C)O[C@@H]21. The van der Waals surface area contributed by atoms with Crippen LogP contribution in [-0.2, 0) is 28.5 Å². The molecule has 2 aromatic rings. The predicted molar refractivity (Wildman–Crippen MR) is 208 cm³/mol. The minimum atomic E-state index is -2.01. The molecule has 14 heteroatoms. The normalized spacial score (nSPS) is 41.0. The average Bonchev–Trinajstić information content (AvgIpc) is 3.84. The number of aliphatic hydroxyl groups is 2. The lowest BCUT2D eigenvalue weighted by Gasteiger charge is -2.62. The van der Waals surface area contributed by atoms with Crippen LogP contribution in [0.2, 0.25) is 10.0 Å². The molecule has 0 radical (unpaired) electrons. The number of aromatic nitrogens is 2. The number of ketones is 1. The van der Waals surface area contributed by atoms with Crippen molar-refractivity contribution in [1.29, 1.82) is 0 Å². The molecule has 8 rings (SSSR count). The first-order valence-corrected chi connectivity index (χ1v) is 20.9. The fourth-order valence-corrected chi connectivity index (χ4v) is 11.8. The molecular formula is C42H54Cl2FN3O8. The van der Waals surface area contributed by atoms with E-state index in [1.54, 1.807) is 31.5 Å². The zero-order chi connectivity index (χ0) is 40.0. The summed E-state index contributed by atoms with van der Waals surface area (Å²) in [6.45, 7) is 10.5. The maximum Gasteiger partial charge on any atom is 0.252 e. The number of alkyl halides is 1. The third kappa shape index (κ3) is 6.14. The van der Waals surface area contributed by atoms with Crippen molar-refractivity contribution in [3.05, 3.63) is 52.3 Å². The number of hydrogen-bond donors (Lipinski definition) is 3. The van der Waals surface area contributed by atoms with Gasteiger partial charge < -0.3 is 39.0 Å². The lowest BCUT2D eigenvalue weighted by molar-refractivity contribution is -0.219. The fraction of sp³-hybridized carbons (Fsp3) is 0.690. The molecule has 1 amide bonds. The van der Waals surface area contributed by atoms with Gasteiger partial charge in [0.05, 0.1) is 40.1 Å².